The van der Waals surface area contributed by atoms with E-state index in [1.54, 1.807) is 24.4 Å². The number of nitrogens with one attached hydrogen (secondary N) is 2. The fourth-order valence-electron chi connectivity index (χ4n) is 1.70. The summed E-state index contributed by atoms with van der Waals surface area (Å²) in [5.41, 5.74) is 0.768. The summed E-state index contributed by atoms with van der Waals surface area (Å²) in [6.45, 7) is 0.329. The van der Waals surface area contributed by atoms with Gasteiger partial charge in [-0.25, -0.2) is 4.79 Å². The predicted molar refractivity (Wildman–Crippen MR) is 74.3 cm³/mol. The Labute approximate surface area is 120 Å². The maximum atomic E-state index is 11.7. The molecule has 7 heteroatoms. The van der Waals surface area contributed by atoms with Crippen molar-refractivity contribution in [1.82, 2.24) is 15.5 Å². The summed E-state index contributed by atoms with van der Waals surface area (Å²) in [4.78, 5) is 15.8. The molecule has 3 aromatic heterocycles. The van der Waals surface area contributed by atoms with E-state index in [2.05, 4.69) is 20.8 Å². The molecule has 0 fully saturated rings. The number of hydrogen-bond donors (Lipinski definition) is 2. The maximum Gasteiger partial charge on any atom is 0.320 e. The van der Waals surface area contributed by atoms with Crippen molar-refractivity contribution < 1.29 is 13.7 Å². The van der Waals surface area contributed by atoms with E-state index in [-0.39, 0.29) is 6.03 Å². The van der Waals surface area contributed by atoms with Gasteiger partial charge in [-0.15, -0.1) is 0 Å². The lowest BCUT2D eigenvalue weighted by molar-refractivity contribution is 0.251. The molecule has 0 unspecified atom stereocenters. The Morgan fingerprint density at radius 2 is 2.14 bits per heavy atom. The summed E-state index contributed by atoms with van der Waals surface area (Å²) >= 11 is 0. The minimum Gasteiger partial charge on any atom is -0.461 e. The van der Waals surface area contributed by atoms with Crippen molar-refractivity contribution in [1.29, 1.82) is 0 Å². The summed E-state index contributed by atoms with van der Waals surface area (Å²) in [6.07, 6.45) is 3.20. The molecule has 2 N–H and O–H groups in total. The quantitative estimate of drug-likeness (QED) is 0.768. The number of anilines is 1. The molecule has 2 amide bonds. The summed E-state index contributed by atoms with van der Waals surface area (Å²) in [5, 5.41) is 8.99. The van der Waals surface area contributed by atoms with E-state index in [9.17, 15) is 4.79 Å². The number of pyridine rings is 1. The lowest BCUT2D eigenvalue weighted by Crippen LogP contribution is -2.28. The van der Waals surface area contributed by atoms with Crippen LogP contribution in [0.4, 0.5) is 10.6 Å². The van der Waals surface area contributed by atoms with E-state index in [1.165, 1.54) is 6.26 Å². The first kappa shape index (κ1) is 12.9. The highest BCUT2D eigenvalue weighted by Crippen LogP contribution is 2.22. The van der Waals surface area contributed by atoms with Crippen molar-refractivity contribution in [3.05, 3.63) is 54.6 Å². The minimum atomic E-state index is -0.389. The van der Waals surface area contributed by atoms with Crippen LogP contribution in [-0.2, 0) is 6.54 Å². The Morgan fingerprint density at radius 1 is 1.19 bits per heavy atom. The van der Waals surface area contributed by atoms with Gasteiger partial charge >= 0.3 is 6.03 Å². The molecule has 3 heterocycles. The number of aromatic nitrogens is 2. The number of amides is 2. The first-order valence-corrected chi connectivity index (χ1v) is 6.26. The van der Waals surface area contributed by atoms with Gasteiger partial charge in [0.2, 0.25) is 5.76 Å². The molecule has 0 atom stereocenters. The predicted octanol–water partition coefficient (Wildman–Crippen LogP) is 2.65. The Kier molecular flexibility index (Phi) is 3.64. The number of hydrogen-bond acceptors (Lipinski definition) is 5. The van der Waals surface area contributed by atoms with Crippen LogP contribution in [0.25, 0.3) is 11.5 Å². The van der Waals surface area contributed by atoms with Crippen LogP contribution in [-0.4, -0.2) is 16.2 Å². The molecule has 106 valence electrons. The Balaban J connectivity index is 1.55. The van der Waals surface area contributed by atoms with Gasteiger partial charge in [0.25, 0.3) is 0 Å². The highest BCUT2D eigenvalue weighted by Gasteiger charge is 2.11. The molecule has 3 rings (SSSR count). The first-order valence-electron chi connectivity index (χ1n) is 6.26. The van der Waals surface area contributed by atoms with E-state index in [4.69, 9.17) is 8.94 Å². The molecule has 0 saturated carbocycles. The summed E-state index contributed by atoms with van der Waals surface area (Å²) in [5.74, 6) is 1.30. The van der Waals surface area contributed by atoms with Crippen LogP contribution in [0.1, 0.15) is 5.69 Å². The van der Waals surface area contributed by atoms with Gasteiger partial charge in [0.1, 0.15) is 0 Å². The zero-order valence-corrected chi connectivity index (χ0v) is 10.9. The van der Waals surface area contributed by atoms with Crippen molar-refractivity contribution >= 4 is 11.8 Å². The molecule has 0 aliphatic carbocycles. The number of carbonyl (C=O) groups excluding carboxylic acids is 1. The van der Waals surface area contributed by atoms with Gasteiger partial charge in [-0.1, -0.05) is 11.2 Å². The van der Waals surface area contributed by atoms with Gasteiger partial charge in [-0.2, -0.15) is 0 Å². The van der Waals surface area contributed by atoms with Crippen LogP contribution >= 0.6 is 0 Å². The van der Waals surface area contributed by atoms with Crippen molar-refractivity contribution in [2.24, 2.45) is 0 Å². The molecule has 0 aromatic carbocycles. The molecule has 0 aliphatic rings. The molecule has 0 spiro atoms. The third-order valence-electron chi connectivity index (χ3n) is 2.67. The van der Waals surface area contributed by atoms with E-state index >= 15 is 0 Å². The largest absolute Gasteiger partial charge is 0.461 e. The Bertz CT molecular complexity index is 707. The molecule has 21 heavy (non-hydrogen) atoms. The lowest BCUT2D eigenvalue weighted by atomic mass is 10.3. The summed E-state index contributed by atoms with van der Waals surface area (Å²) in [6, 6.07) is 10.2. The first-order chi connectivity index (χ1) is 10.3. The smallest absolute Gasteiger partial charge is 0.320 e. The zero-order chi connectivity index (χ0) is 14.5. The number of furan rings is 1. The third kappa shape index (κ3) is 3.27. The fraction of sp³-hybridized carbons (Fsp3) is 0.0714. The van der Waals surface area contributed by atoms with Gasteiger partial charge in [0.15, 0.2) is 11.6 Å². The molecule has 0 bridgehead atoms. The average molecular weight is 284 g/mol. The minimum absolute atomic E-state index is 0.305. The van der Waals surface area contributed by atoms with Gasteiger partial charge in [-0.05, 0) is 24.3 Å². The maximum absolute atomic E-state index is 11.7. The molecule has 0 aliphatic heterocycles. The van der Waals surface area contributed by atoms with E-state index in [0.29, 0.717) is 23.9 Å². The van der Waals surface area contributed by atoms with Crippen LogP contribution in [0.2, 0.25) is 0 Å². The van der Waals surface area contributed by atoms with Crippen LogP contribution in [0.5, 0.6) is 0 Å². The second kappa shape index (κ2) is 5.91. The number of carbonyl (C=O) groups is 1. The van der Waals surface area contributed by atoms with Crippen molar-refractivity contribution in [3.63, 3.8) is 0 Å². The third-order valence-corrected chi connectivity index (χ3v) is 2.67. The van der Waals surface area contributed by atoms with Crippen LogP contribution < -0.4 is 10.6 Å². The van der Waals surface area contributed by atoms with Crippen molar-refractivity contribution in [2.75, 3.05) is 5.32 Å². The van der Waals surface area contributed by atoms with Gasteiger partial charge in [-0.3, -0.25) is 10.3 Å². The lowest BCUT2D eigenvalue weighted by Gasteiger charge is -2.04. The van der Waals surface area contributed by atoms with Crippen LogP contribution in [0.15, 0.2) is 57.8 Å². The second-order valence-electron chi connectivity index (χ2n) is 4.18. The van der Waals surface area contributed by atoms with Crippen LogP contribution in [0.3, 0.4) is 0 Å². The van der Waals surface area contributed by atoms with Gasteiger partial charge in [0.05, 0.1) is 18.5 Å². The SMILES string of the molecule is O=C(NCc1ccccn1)Nc1cc(-c2ccco2)on1. The average Bonchev–Trinajstić information content (AvgIpc) is 3.17. The molecule has 3 aromatic rings. The van der Waals surface area contributed by atoms with Crippen LogP contribution in [0, 0.1) is 0 Å². The summed E-state index contributed by atoms with van der Waals surface area (Å²) < 4.78 is 10.2. The van der Waals surface area contributed by atoms with E-state index in [1.807, 2.05) is 18.2 Å². The molecule has 0 radical (unpaired) electrons. The van der Waals surface area contributed by atoms with E-state index < -0.39 is 0 Å². The highest BCUT2D eigenvalue weighted by atomic mass is 16.5. The Morgan fingerprint density at radius 3 is 2.90 bits per heavy atom. The number of urea groups is 1. The molecule has 7 nitrogen and oxygen atoms in total. The van der Waals surface area contributed by atoms with Crippen molar-refractivity contribution in [2.45, 2.75) is 6.54 Å². The monoisotopic (exact) mass is 284 g/mol. The standard InChI is InChI=1S/C14H12N4O3/c19-14(16-9-10-4-1-2-6-15-10)17-13-8-12(21-18-13)11-5-3-7-20-11/h1-8H,9H2,(H2,16,17,18,19). The Hall–Kier alpha value is -3.09. The molecular weight excluding hydrogens is 272 g/mol. The number of nitrogens with zero attached hydrogens (tertiary/aromatic N) is 2. The number of rotatable bonds is 4. The topological polar surface area (TPSA) is 93.2 Å². The summed E-state index contributed by atoms with van der Waals surface area (Å²) in [7, 11) is 0. The second-order valence-corrected chi connectivity index (χ2v) is 4.18. The van der Waals surface area contributed by atoms with Crippen molar-refractivity contribution in [3.8, 4) is 11.5 Å². The zero-order valence-electron chi connectivity index (χ0n) is 10.9. The molecule has 0 saturated heterocycles. The van der Waals surface area contributed by atoms with Gasteiger partial charge < -0.3 is 14.3 Å². The van der Waals surface area contributed by atoms with Gasteiger partial charge in [0, 0.05) is 12.3 Å². The fourth-order valence-corrected chi connectivity index (χ4v) is 1.70. The molecular formula is C14H12N4O3. The van der Waals surface area contributed by atoms with E-state index in [0.717, 1.165) is 5.69 Å². The highest BCUT2D eigenvalue weighted by molar-refractivity contribution is 5.88. The normalized spacial score (nSPS) is 10.3.